The van der Waals surface area contributed by atoms with E-state index in [0.717, 1.165) is 11.8 Å². The van der Waals surface area contributed by atoms with E-state index in [-0.39, 0.29) is 10.8 Å². The number of para-hydroxylation sites is 1. The zero-order chi connectivity index (χ0) is 27.3. The summed E-state index contributed by atoms with van der Waals surface area (Å²) in [4.78, 5) is 2.52. The number of allylic oxidation sites excluding steroid dienone is 3. The number of hydrogen-bond acceptors (Lipinski definition) is 1. The van der Waals surface area contributed by atoms with Crippen molar-refractivity contribution < 1.29 is 0 Å². The maximum Gasteiger partial charge on any atom is 0.0464 e. The van der Waals surface area contributed by atoms with Gasteiger partial charge in [0, 0.05) is 28.4 Å². The van der Waals surface area contributed by atoms with Crippen molar-refractivity contribution in [1.82, 2.24) is 0 Å². The van der Waals surface area contributed by atoms with Gasteiger partial charge in [-0.3, -0.25) is 0 Å². The monoisotopic (exact) mass is 531 g/mol. The number of anilines is 2. The number of fused-ring (bicyclic) bond motifs is 11. The van der Waals surface area contributed by atoms with E-state index < -0.39 is 0 Å². The average Bonchev–Trinajstić information content (AvgIpc) is 3.75. The molecule has 202 valence electrons. The van der Waals surface area contributed by atoms with Crippen LogP contribution in [-0.4, -0.2) is 0 Å². The highest BCUT2D eigenvalue weighted by Gasteiger charge is 2.56. The predicted octanol–water partition coefficient (Wildman–Crippen LogP) is 10.1. The van der Waals surface area contributed by atoms with Crippen molar-refractivity contribution in [2.24, 2.45) is 17.8 Å². The molecule has 2 saturated carbocycles. The lowest BCUT2D eigenvalue weighted by Gasteiger charge is -2.38. The minimum Gasteiger partial charge on any atom is -0.311 e. The van der Waals surface area contributed by atoms with Crippen molar-refractivity contribution in [2.45, 2.75) is 56.3 Å². The van der Waals surface area contributed by atoms with E-state index in [4.69, 9.17) is 0 Å². The molecule has 41 heavy (non-hydrogen) atoms. The van der Waals surface area contributed by atoms with E-state index in [1.807, 2.05) is 0 Å². The second-order valence-corrected chi connectivity index (χ2v) is 13.8. The van der Waals surface area contributed by atoms with Gasteiger partial charge in [-0.15, -0.1) is 0 Å². The summed E-state index contributed by atoms with van der Waals surface area (Å²) in [5.41, 5.74) is 13.2. The van der Waals surface area contributed by atoms with Crippen LogP contribution in [0.1, 0.15) is 67.7 Å². The molecule has 2 bridgehead atoms. The molecule has 4 aromatic carbocycles. The molecule has 5 unspecified atom stereocenters. The molecule has 5 aliphatic carbocycles. The maximum absolute atomic E-state index is 2.58. The SMILES string of the molecule is CC1(C)c2ccccc2C2C=CC(N(c3ccccc3)c3ccc4c(c3)C3(CC5CCC3C5)c3ccccc3-4)=CC21. The van der Waals surface area contributed by atoms with E-state index in [2.05, 4.69) is 134 Å². The van der Waals surface area contributed by atoms with Gasteiger partial charge >= 0.3 is 0 Å². The Labute approximate surface area is 244 Å². The fourth-order valence-electron chi connectivity index (χ4n) is 9.86. The molecule has 5 aliphatic rings. The molecule has 0 aromatic heterocycles. The van der Waals surface area contributed by atoms with Crippen LogP contribution in [0.4, 0.5) is 11.4 Å². The normalized spacial score (nSPS) is 29.2. The first kappa shape index (κ1) is 23.8. The van der Waals surface area contributed by atoms with Gasteiger partial charge in [0.05, 0.1) is 0 Å². The lowest BCUT2D eigenvalue weighted by Crippen LogP contribution is -2.32. The summed E-state index contributed by atoms with van der Waals surface area (Å²) < 4.78 is 0. The van der Waals surface area contributed by atoms with Crippen molar-refractivity contribution in [3.63, 3.8) is 0 Å². The van der Waals surface area contributed by atoms with Crippen LogP contribution in [0.2, 0.25) is 0 Å². The van der Waals surface area contributed by atoms with Crippen LogP contribution >= 0.6 is 0 Å². The highest BCUT2D eigenvalue weighted by Crippen LogP contribution is 2.66. The lowest BCUT2D eigenvalue weighted by atomic mass is 9.67. The molecule has 4 aromatic rings. The second-order valence-electron chi connectivity index (χ2n) is 13.8. The second kappa shape index (κ2) is 8.35. The van der Waals surface area contributed by atoms with E-state index in [1.165, 1.54) is 65.0 Å². The molecule has 1 nitrogen and oxygen atoms in total. The molecule has 0 saturated heterocycles. The fraction of sp³-hybridized carbons (Fsp3) is 0.300. The van der Waals surface area contributed by atoms with Gasteiger partial charge in [-0.05, 0) is 106 Å². The van der Waals surface area contributed by atoms with Crippen LogP contribution in [0.5, 0.6) is 0 Å². The van der Waals surface area contributed by atoms with Crippen molar-refractivity contribution in [3.05, 3.63) is 143 Å². The Hall–Kier alpha value is -3.84. The smallest absolute Gasteiger partial charge is 0.0464 e. The van der Waals surface area contributed by atoms with Crippen molar-refractivity contribution in [3.8, 4) is 11.1 Å². The van der Waals surface area contributed by atoms with Gasteiger partial charge in [0.1, 0.15) is 0 Å². The zero-order valence-corrected chi connectivity index (χ0v) is 24.1. The summed E-state index contributed by atoms with van der Waals surface area (Å²) in [6, 6.07) is 36.8. The molecule has 0 N–H and O–H groups in total. The Morgan fingerprint density at radius 3 is 2.27 bits per heavy atom. The van der Waals surface area contributed by atoms with E-state index >= 15 is 0 Å². The first-order valence-electron chi connectivity index (χ1n) is 15.6. The standard InChI is InChI=1S/C40H37N/c1-39(2)35-14-8-6-12-31(35)33-20-18-29(23-37(33)39)41(28-10-4-3-5-11-28)30-19-21-34-32-13-7-9-15-36(32)40(38(34)24-30)25-26-16-17-27(40)22-26/h3-15,18-21,23-24,26-27,33,37H,16-17,22,25H2,1-2H3. The van der Waals surface area contributed by atoms with Gasteiger partial charge in [0.25, 0.3) is 0 Å². The highest BCUT2D eigenvalue weighted by atomic mass is 15.1. The van der Waals surface area contributed by atoms with Gasteiger partial charge < -0.3 is 4.90 Å². The molecular formula is C40H37N. The molecule has 1 heteroatoms. The summed E-state index contributed by atoms with van der Waals surface area (Å²) >= 11 is 0. The van der Waals surface area contributed by atoms with Gasteiger partial charge in [-0.1, -0.05) is 105 Å². The number of nitrogens with zero attached hydrogens (tertiary/aromatic N) is 1. The molecule has 0 amide bonds. The highest BCUT2D eigenvalue weighted by molar-refractivity contribution is 5.85. The Balaban J connectivity index is 1.21. The zero-order valence-electron chi connectivity index (χ0n) is 24.1. The van der Waals surface area contributed by atoms with Crippen LogP contribution < -0.4 is 4.90 Å². The molecule has 9 rings (SSSR count). The summed E-state index contributed by atoms with van der Waals surface area (Å²) in [6.07, 6.45) is 12.9. The number of hydrogen-bond donors (Lipinski definition) is 0. The Kier molecular flexibility index (Phi) is 4.85. The quantitative estimate of drug-likeness (QED) is 0.254. The molecular weight excluding hydrogens is 494 g/mol. The van der Waals surface area contributed by atoms with Crippen LogP contribution in [0.25, 0.3) is 11.1 Å². The molecule has 0 aliphatic heterocycles. The Morgan fingerprint density at radius 2 is 1.46 bits per heavy atom. The lowest BCUT2D eigenvalue weighted by molar-refractivity contribution is 0.327. The van der Waals surface area contributed by atoms with E-state index in [0.29, 0.717) is 11.8 Å². The topological polar surface area (TPSA) is 3.24 Å². The molecule has 1 spiro atoms. The summed E-state index contributed by atoms with van der Waals surface area (Å²) in [5.74, 6) is 2.51. The van der Waals surface area contributed by atoms with Gasteiger partial charge in [0.2, 0.25) is 0 Å². The average molecular weight is 532 g/mol. The Morgan fingerprint density at radius 1 is 0.707 bits per heavy atom. The fourth-order valence-corrected chi connectivity index (χ4v) is 9.86. The maximum atomic E-state index is 2.58. The number of benzene rings is 4. The summed E-state index contributed by atoms with van der Waals surface area (Å²) in [6.45, 7) is 4.87. The first-order valence-corrected chi connectivity index (χ1v) is 15.6. The molecule has 0 heterocycles. The largest absolute Gasteiger partial charge is 0.311 e. The third-order valence-electron chi connectivity index (χ3n) is 11.6. The molecule has 5 atom stereocenters. The Bertz CT molecular complexity index is 1760. The van der Waals surface area contributed by atoms with E-state index in [1.54, 1.807) is 11.1 Å². The van der Waals surface area contributed by atoms with Crippen LogP contribution in [-0.2, 0) is 10.8 Å². The van der Waals surface area contributed by atoms with Crippen molar-refractivity contribution >= 4 is 11.4 Å². The molecule has 2 fully saturated rings. The van der Waals surface area contributed by atoms with Gasteiger partial charge in [-0.2, -0.15) is 0 Å². The third kappa shape index (κ3) is 3.13. The van der Waals surface area contributed by atoms with Crippen LogP contribution in [0.3, 0.4) is 0 Å². The number of rotatable bonds is 3. The van der Waals surface area contributed by atoms with E-state index in [9.17, 15) is 0 Å². The van der Waals surface area contributed by atoms with Gasteiger partial charge in [-0.25, -0.2) is 0 Å². The molecule has 0 radical (unpaired) electrons. The minimum atomic E-state index is 0.0896. The first-order chi connectivity index (χ1) is 20.1. The third-order valence-corrected chi connectivity index (χ3v) is 11.6. The predicted molar refractivity (Wildman–Crippen MR) is 170 cm³/mol. The van der Waals surface area contributed by atoms with Crippen molar-refractivity contribution in [1.29, 1.82) is 0 Å². The van der Waals surface area contributed by atoms with Crippen LogP contribution in [0.15, 0.2) is 121 Å². The minimum absolute atomic E-state index is 0.0896. The van der Waals surface area contributed by atoms with Crippen LogP contribution in [0, 0.1) is 17.8 Å². The summed E-state index contributed by atoms with van der Waals surface area (Å²) in [5, 5.41) is 0. The summed E-state index contributed by atoms with van der Waals surface area (Å²) in [7, 11) is 0. The van der Waals surface area contributed by atoms with Crippen molar-refractivity contribution in [2.75, 3.05) is 4.90 Å². The van der Waals surface area contributed by atoms with Gasteiger partial charge in [0.15, 0.2) is 0 Å².